The lowest BCUT2D eigenvalue weighted by molar-refractivity contribution is 0.0925. The minimum atomic E-state index is -0.0775. The van der Waals surface area contributed by atoms with Gasteiger partial charge in [0.25, 0.3) is 5.91 Å². The fourth-order valence-corrected chi connectivity index (χ4v) is 4.03. The highest BCUT2D eigenvalue weighted by Crippen LogP contribution is 2.26. The summed E-state index contributed by atoms with van der Waals surface area (Å²) in [6.45, 7) is 8.16. The molecule has 0 saturated heterocycles. The molecule has 1 N–H and O–H groups in total. The van der Waals surface area contributed by atoms with E-state index >= 15 is 0 Å². The third kappa shape index (κ3) is 3.90. The van der Waals surface area contributed by atoms with Gasteiger partial charge >= 0.3 is 0 Å². The van der Waals surface area contributed by atoms with Gasteiger partial charge in [0.1, 0.15) is 5.75 Å². The molecular formula is C21H25N3O2S. The molecular weight excluding hydrogens is 358 g/mol. The number of aromatic nitrogens is 2. The zero-order valence-electron chi connectivity index (χ0n) is 16.3. The summed E-state index contributed by atoms with van der Waals surface area (Å²) in [5.41, 5.74) is 3.64. The van der Waals surface area contributed by atoms with E-state index in [2.05, 4.69) is 24.1 Å². The maximum atomic E-state index is 13.0. The van der Waals surface area contributed by atoms with Crippen molar-refractivity contribution in [2.24, 2.45) is 5.92 Å². The second-order valence-electron chi connectivity index (χ2n) is 6.90. The first-order valence-corrected chi connectivity index (χ1v) is 9.84. The number of amides is 1. The Balaban J connectivity index is 1.87. The summed E-state index contributed by atoms with van der Waals surface area (Å²) in [5, 5.41) is 6.01. The smallest absolute Gasteiger partial charge is 0.253 e. The van der Waals surface area contributed by atoms with Crippen LogP contribution in [0.25, 0.3) is 5.13 Å². The van der Waals surface area contributed by atoms with Gasteiger partial charge in [-0.15, -0.1) is 11.3 Å². The number of carbonyl (C=O) groups excluding carboxylic acids is 1. The number of thiazole rings is 1. The molecule has 0 aliphatic heterocycles. The topological polar surface area (TPSA) is 56.1 Å². The van der Waals surface area contributed by atoms with E-state index in [-0.39, 0.29) is 17.9 Å². The van der Waals surface area contributed by atoms with Gasteiger partial charge in [0.15, 0.2) is 5.13 Å². The average Bonchev–Trinajstić information content (AvgIpc) is 3.27. The van der Waals surface area contributed by atoms with Crippen LogP contribution in [-0.2, 0) is 0 Å². The molecule has 0 radical (unpaired) electrons. The standard InChI is InChI=1S/C21H25N3O2S/c1-13(2)19(16-6-8-17(26-5)9-7-16)23-20(25)18-12-14(3)24(15(18)4)21-22-10-11-27-21/h6-13,19H,1-5H3,(H,23,25). The number of benzene rings is 1. The van der Waals surface area contributed by atoms with E-state index in [1.165, 1.54) is 0 Å². The summed E-state index contributed by atoms with van der Waals surface area (Å²) in [6.07, 6.45) is 1.77. The summed E-state index contributed by atoms with van der Waals surface area (Å²) in [7, 11) is 1.65. The van der Waals surface area contributed by atoms with Gasteiger partial charge in [-0.05, 0) is 43.5 Å². The molecule has 3 rings (SSSR count). The first kappa shape index (κ1) is 19.2. The van der Waals surface area contributed by atoms with E-state index in [1.54, 1.807) is 24.6 Å². The highest BCUT2D eigenvalue weighted by Gasteiger charge is 2.23. The van der Waals surface area contributed by atoms with Crippen LogP contribution in [0.1, 0.15) is 47.2 Å². The second-order valence-corrected chi connectivity index (χ2v) is 7.78. The summed E-state index contributed by atoms with van der Waals surface area (Å²) in [4.78, 5) is 17.4. The maximum absolute atomic E-state index is 13.0. The predicted octanol–water partition coefficient (Wildman–Crippen LogP) is 4.69. The normalized spacial score (nSPS) is 12.2. The first-order valence-electron chi connectivity index (χ1n) is 8.96. The molecule has 2 heterocycles. The molecule has 2 aromatic heterocycles. The van der Waals surface area contributed by atoms with Gasteiger partial charge in [0.05, 0.1) is 18.7 Å². The largest absolute Gasteiger partial charge is 0.497 e. The lowest BCUT2D eigenvalue weighted by atomic mass is 9.95. The highest BCUT2D eigenvalue weighted by atomic mass is 32.1. The van der Waals surface area contributed by atoms with Crippen LogP contribution >= 0.6 is 11.3 Å². The van der Waals surface area contributed by atoms with Gasteiger partial charge < -0.3 is 10.1 Å². The number of carbonyl (C=O) groups is 1. The number of rotatable bonds is 6. The van der Waals surface area contributed by atoms with Crippen molar-refractivity contribution in [1.82, 2.24) is 14.9 Å². The molecule has 27 heavy (non-hydrogen) atoms. The highest BCUT2D eigenvalue weighted by molar-refractivity contribution is 7.12. The van der Waals surface area contributed by atoms with Crippen LogP contribution in [0.5, 0.6) is 5.75 Å². The van der Waals surface area contributed by atoms with Gasteiger partial charge in [-0.2, -0.15) is 0 Å². The number of nitrogens with one attached hydrogen (secondary N) is 1. The van der Waals surface area contributed by atoms with Gasteiger partial charge in [-0.3, -0.25) is 9.36 Å². The second kappa shape index (κ2) is 7.96. The van der Waals surface area contributed by atoms with Crippen LogP contribution in [0.15, 0.2) is 41.9 Å². The van der Waals surface area contributed by atoms with Gasteiger partial charge in [0.2, 0.25) is 0 Å². The Morgan fingerprint density at radius 3 is 2.48 bits per heavy atom. The van der Waals surface area contributed by atoms with Crippen LogP contribution in [0.2, 0.25) is 0 Å². The van der Waals surface area contributed by atoms with Crippen molar-refractivity contribution in [3.8, 4) is 10.9 Å². The molecule has 0 aliphatic rings. The molecule has 0 aliphatic carbocycles. The van der Waals surface area contributed by atoms with E-state index in [0.717, 1.165) is 27.8 Å². The van der Waals surface area contributed by atoms with Crippen LogP contribution in [0.3, 0.4) is 0 Å². The molecule has 0 bridgehead atoms. The van der Waals surface area contributed by atoms with Gasteiger partial charge in [-0.25, -0.2) is 4.98 Å². The Bertz CT molecular complexity index is 912. The summed E-state index contributed by atoms with van der Waals surface area (Å²) in [5.74, 6) is 0.991. The Morgan fingerprint density at radius 2 is 1.93 bits per heavy atom. The third-order valence-electron chi connectivity index (χ3n) is 4.71. The minimum absolute atomic E-state index is 0.0691. The van der Waals surface area contributed by atoms with Crippen molar-refractivity contribution in [3.05, 3.63) is 64.4 Å². The molecule has 142 valence electrons. The number of nitrogens with zero attached hydrogens (tertiary/aromatic N) is 2. The van der Waals surface area contributed by atoms with Crippen molar-refractivity contribution >= 4 is 17.2 Å². The Labute approximate surface area is 164 Å². The summed E-state index contributed by atoms with van der Waals surface area (Å²) in [6, 6.07) is 9.70. The van der Waals surface area contributed by atoms with Crippen molar-refractivity contribution in [2.45, 2.75) is 33.7 Å². The number of methoxy groups -OCH3 is 1. The quantitative estimate of drug-likeness (QED) is 0.672. The molecule has 1 unspecified atom stereocenters. The molecule has 1 atom stereocenters. The number of hydrogen-bond acceptors (Lipinski definition) is 4. The summed E-state index contributed by atoms with van der Waals surface area (Å²) < 4.78 is 7.26. The van der Waals surface area contributed by atoms with Crippen LogP contribution in [-0.4, -0.2) is 22.6 Å². The average molecular weight is 384 g/mol. The molecule has 3 aromatic rings. The molecule has 5 nitrogen and oxygen atoms in total. The first-order chi connectivity index (χ1) is 12.9. The Morgan fingerprint density at radius 1 is 1.22 bits per heavy atom. The Kier molecular flexibility index (Phi) is 5.65. The zero-order chi connectivity index (χ0) is 19.6. The maximum Gasteiger partial charge on any atom is 0.253 e. The SMILES string of the molecule is COc1ccc(C(NC(=O)c2cc(C)n(-c3nccs3)c2C)C(C)C)cc1. The molecule has 0 saturated carbocycles. The fourth-order valence-electron chi connectivity index (χ4n) is 3.28. The van der Waals surface area contributed by atoms with Gasteiger partial charge in [0, 0.05) is 23.0 Å². The third-order valence-corrected chi connectivity index (χ3v) is 5.47. The molecule has 1 amide bonds. The number of ether oxygens (including phenoxy) is 1. The minimum Gasteiger partial charge on any atom is -0.497 e. The Hall–Kier alpha value is -2.60. The van der Waals surface area contributed by atoms with E-state index in [9.17, 15) is 4.79 Å². The van der Waals surface area contributed by atoms with Crippen molar-refractivity contribution < 1.29 is 9.53 Å². The van der Waals surface area contributed by atoms with Crippen molar-refractivity contribution in [3.63, 3.8) is 0 Å². The number of hydrogen-bond donors (Lipinski definition) is 1. The van der Waals surface area contributed by atoms with Crippen molar-refractivity contribution in [1.29, 1.82) is 0 Å². The lowest BCUT2D eigenvalue weighted by Gasteiger charge is -2.23. The summed E-state index contributed by atoms with van der Waals surface area (Å²) >= 11 is 1.56. The zero-order valence-corrected chi connectivity index (χ0v) is 17.1. The predicted molar refractivity (Wildman–Crippen MR) is 109 cm³/mol. The molecule has 6 heteroatoms. The molecule has 1 aromatic carbocycles. The van der Waals surface area contributed by atoms with Crippen LogP contribution in [0, 0.1) is 19.8 Å². The molecule has 0 fully saturated rings. The van der Waals surface area contributed by atoms with E-state index in [4.69, 9.17) is 4.74 Å². The van der Waals surface area contributed by atoms with E-state index < -0.39 is 0 Å². The fraction of sp³-hybridized carbons (Fsp3) is 0.333. The lowest BCUT2D eigenvalue weighted by Crippen LogP contribution is -2.32. The van der Waals surface area contributed by atoms with E-state index in [1.807, 2.05) is 54.1 Å². The molecule has 0 spiro atoms. The van der Waals surface area contributed by atoms with Crippen LogP contribution < -0.4 is 10.1 Å². The van der Waals surface area contributed by atoms with Gasteiger partial charge in [-0.1, -0.05) is 26.0 Å². The monoisotopic (exact) mass is 383 g/mol. The van der Waals surface area contributed by atoms with E-state index in [0.29, 0.717) is 5.56 Å². The van der Waals surface area contributed by atoms with Crippen molar-refractivity contribution in [2.75, 3.05) is 7.11 Å². The van der Waals surface area contributed by atoms with Crippen LogP contribution in [0.4, 0.5) is 0 Å². The number of aryl methyl sites for hydroxylation is 1.